The van der Waals surface area contributed by atoms with E-state index < -0.39 is 0 Å². The van der Waals surface area contributed by atoms with E-state index in [-0.39, 0.29) is 11.2 Å². The van der Waals surface area contributed by atoms with Gasteiger partial charge in [0.2, 0.25) is 0 Å². The Morgan fingerprint density at radius 1 is 1.35 bits per heavy atom. The molecule has 1 aromatic rings. The van der Waals surface area contributed by atoms with E-state index in [0.29, 0.717) is 11.6 Å². The maximum absolute atomic E-state index is 13.8. The molecule has 17 heavy (non-hydrogen) atoms. The summed E-state index contributed by atoms with van der Waals surface area (Å²) >= 11 is 5.77. The third-order valence-electron chi connectivity index (χ3n) is 4.47. The first kappa shape index (κ1) is 11.5. The molecule has 0 aliphatic heterocycles. The topological polar surface area (TPSA) is 26.0 Å². The summed E-state index contributed by atoms with van der Waals surface area (Å²) in [5, 5.41) is 0.460. The van der Waals surface area contributed by atoms with Crippen LogP contribution in [0, 0.1) is 23.1 Å². The van der Waals surface area contributed by atoms with Gasteiger partial charge in [-0.05, 0) is 67.2 Å². The fourth-order valence-corrected chi connectivity index (χ4v) is 3.62. The molecule has 92 valence electrons. The van der Waals surface area contributed by atoms with Gasteiger partial charge in [-0.2, -0.15) is 0 Å². The van der Waals surface area contributed by atoms with Crippen molar-refractivity contribution in [1.82, 2.24) is 0 Å². The van der Waals surface area contributed by atoms with Crippen LogP contribution in [0.2, 0.25) is 5.02 Å². The van der Waals surface area contributed by atoms with E-state index in [4.69, 9.17) is 17.3 Å². The van der Waals surface area contributed by atoms with Gasteiger partial charge in [-0.3, -0.25) is 0 Å². The Kier molecular flexibility index (Phi) is 2.68. The molecule has 3 heteroatoms. The van der Waals surface area contributed by atoms with Gasteiger partial charge < -0.3 is 5.73 Å². The number of rotatable bonds is 3. The number of nitrogens with two attached hydrogens (primary N) is 1. The van der Waals surface area contributed by atoms with Crippen LogP contribution in [-0.2, 0) is 6.42 Å². The van der Waals surface area contributed by atoms with Gasteiger partial charge in [-0.1, -0.05) is 17.7 Å². The van der Waals surface area contributed by atoms with E-state index in [1.807, 2.05) is 0 Å². The molecule has 0 saturated heterocycles. The van der Waals surface area contributed by atoms with Crippen LogP contribution in [0.4, 0.5) is 4.39 Å². The second-order valence-electron chi connectivity index (χ2n) is 5.78. The molecule has 0 spiro atoms. The highest BCUT2D eigenvalue weighted by atomic mass is 35.5. The third kappa shape index (κ3) is 2.09. The van der Waals surface area contributed by atoms with Crippen molar-refractivity contribution in [2.45, 2.75) is 25.7 Å². The molecule has 2 unspecified atom stereocenters. The Morgan fingerprint density at radius 2 is 2.06 bits per heavy atom. The van der Waals surface area contributed by atoms with Crippen LogP contribution < -0.4 is 5.73 Å². The number of fused-ring (bicyclic) bond motifs is 1. The summed E-state index contributed by atoms with van der Waals surface area (Å²) in [5.41, 5.74) is 6.84. The fourth-order valence-electron chi connectivity index (χ4n) is 3.46. The molecule has 2 aliphatic rings. The minimum Gasteiger partial charge on any atom is -0.330 e. The Labute approximate surface area is 106 Å². The molecule has 2 saturated carbocycles. The van der Waals surface area contributed by atoms with Gasteiger partial charge in [0.1, 0.15) is 5.82 Å². The van der Waals surface area contributed by atoms with Gasteiger partial charge in [0, 0.05) is 5.02 Å². The molecule has 0 aromatic heterocycles. The molecule has 0 bridgehead atoms. The molecule has 3 rings (SSSR count). The Balaban J connectivity index is 1.81. The van der Waals surface area contributed by atoms with E-state index in [1.54, 1.807) is 12.1 Å². The third-order valence-corrected chi connectivity index (χ3v) is 4.71. The van der Waals surface area contributed by atoms with Gasteiger partial charge in [-0.25, -0.2) is 4.39 Å². The van der Waals surface area contributed by atoms with Gasteiger partial charge in [0.25, 0.3) is 0 Å². The highest BCUT2D eigenvalue weighted by Crippen LogP contribution is 2.60. The van der Waals surface area contributed by atoms with Crippen molar-refractivity contribution in [3.8, 4) is 0 Å². The van der Waals surface area contributed by atoms with Crippen LogP contribution in [0.25, 0.3) is 0 Å². The van der Waals surface area contributed by atoms with Crippen molar-refractivity contribution >= 4 is 11.6 Å². The van der Waals surface area contributed by atoms with E-state index in [0.717, 1.165) is 23.8 Å². The maximum atomic E-state index is 13.8. The molecule has 2 N–H and O–H groups in total. The van der Waals surface area contributed by atoms with Crippen molar-refractivity contribution < 1.29 is 4.39 Å². The van der Waals surface area contributed by atoms with Crippen molar-refractivity contribution in [2.24, 2.45) is 23.0 Å². The zero-order chi connectivity index (χ0) is 12.0. The Morgan fingerprint density at radius 3 is 2.65 bits per heavy atom. The molecule has 1 nitrogen and oxygen atoms in total. The first-order valence-corrected chi connectivity index (χ1v) is 6.64. The second kappa shape index (κ2) is 3.96. The monoisotopic (exact) mass is 253 g/mol. The summed E-state index contributed by atoms with van der Waals surface area (Å²) in [6, 6.07) is 4.97. The summed E-state index contributed by atoms with van der Waals surface area (Å²) in [4.78, 5) is 0. The normalized spacial score (nSPS) is 34.8. The minimum atomic E-state index is -0.189. The molecule has 2 atom stereocenters. The zero-order valence-corrected chi connectivity index (χ0v) is 10.5. The summed E-state index contributed by atoms with van der Waals surface area (Å²) < 4.78 is 13.8. The predicted octanol–water partition coefficient (Wildman–Crippen LogP) is 3.40. The predicted molar refractivity (Wildman–Crippen MR) is 67.4 cm³/mol. The van der Waals surface area contributed by atoms with Crippen molar-refractivity contribution in [3.63, 3.8) is 0 Å². The highest BCUT2D eigenvalue weighted by Gasteiger charge is 2.52. The summed E-state index contributed by atoms with van der Waals surface area (Å²) in [5.74, 6) is 1.55. The van der Waals surface area contributed by atoms with Crippen LogP contribution in [-0.4, -0.2) is 6.54 Å². The molecular formula is C14H17ClFN. The van der Waals surface area contributed by atoms with E-state index >= 15 is 0 Å². The van der Waals surface area contributed by atoms with Crippen molar-refractivity contribution in [3.05, 3.63) is 34.6 Å². The first-order chi connectivity index (χ1) is 8.12. The van der Waals surface area contributed by atoms with Crippen LogP contribution in [0.1, 0.15) is 24.8 Å². The smallest absolute Gasteiger partial charge is 0.127 e. The molecule has 2 aliphatic carbocycles. The van der Waals surface area contributed by atoms with E-state index in [9.17, 15) is 4.39 Å². The minimum absolute atomic E-state index is 0.141. The molecular weight excluding hydrogens is 237 g/mol. The SMILES string of the molecule is NCC1(Cc2ccc(Cl)cc2F)CC2CC2C1. The average Bonchev–Trinajstić information content (AvgIpc) is 2.91. The number of halogens is 2. The summed E-state index contributed by atoms with van der Waals surface area (Å²) in [6.07, 6.45) is 4.48. The van der Waals surface area contributed by atoms with Gasteiger partial charge in [0.15, 0.2) is 0 Å². The molecule has 0 radical (unpaired) electrons. The average molecular weight is 254 g/mol. The van der Waals surface area contributed by atoms with Crippen molar-refractivity contribution in [2.75, 3.05) is 6.54 Å². The largest absolute Gasteiger partial charge is 0.330 e. The van der Waals surface area contributed by atoms with Crippen molar-refractivity contribution in [1.29, 1.82) is 0 Å². The lowest BCUT2D eigenvalue weighted by Gasteiger charge is -2.29. The van der Waals surface area contributed by atoms with Gasteiger partial charge in [-0.15, -0.1) is 0 Å². The lowest BCUT2D eigenvalue weighted by Crippen LogP contribution is -2.31. The second-order valence-corrected chi connectivity index (χ2v) is 6.22. The Bertz CT molecular complexity index is 436. The first-order valence-electron chi connectivity index (χ1n) is 6.26. The number of hydrogen-bond acceptors (Lipinski definition) is 1. The van der Waals surface area contributed by atoms with Gasteiger partial charge in [0.05, 0.1) is 0 Å². The van der Waals surface area contributed by atoms with E-state index in [2.05, 4.69) is 0 Å². The standard InChI is InChI=1S/C14H17ClFN/c15-12-2-1-9(13(16)4-12)5-14(8-17)6-10-3-11(10)7-14/h1-2,4,10-11H,3,5-8,17H2. The van der Waals surface area contributed by atoms with Crippen LogP contribution in [0.15, 0.2) is 18.2 Å². The van der Waals surface area contributed by atoms with Crippen LogP contribution in [0.3, 0.4) is 0 Å². The molecule has 0 heterocycles. The molecule has 2 fully saturated rings. The molecule has 1 aromatic carbocycles. The highest BCUT2D eigenvalue weighted by molar-refractivity contribution is 6.30. The molecule has 0 amide bonds. The lowest BCUT2D eigenvalue weighted by molar-refractivity contribution is 0.269. The van der Waals surface area contributed by atoms with Gasteiger partial charge >= 0.3 is 0 Å². The fraction of sp³-hybridized carbons (Fsp3) is 0.571. The number of hydrogen-bond donors (Lipinski definition) is 1. The maximum Gasteiger partial charge on any atom is 0.127 e. The summed E-state index contributed by atoms with van der Waals surface area (Å²) in [6.45, 7) is 0.669. The summed E-state index contributed by atoms with van der Waals surface area (Å²) in [7, 11) is 0. The quantitative estimate of drug-likeness (QED) is 0.878. The lowest BCUT2D eigenvalue weighted by atomic mass is 9.77. The van der Waals surface area contributed by atoms with Crippen LogP contribution in [0.5, 0.6) is 0 Å². The Hall–Kier alpha value is -0.600. The van der Waals surface area contributed by atoms with Crippen LogP contribution >= 0.6 is 11.6 Å². The zero-order valence-electron chi connectivity index (χ0n) is 9.76. The van der Waals surface area contributed by atoms with E-state index in [1.165, 1.54) is 25.3 Å². The number of benzene rings is 1.